The number of hydrogen-bond acceptors (Lipinski definition) is 4. The highest BCUT2D eigenvalue weighted by atomic mass is 32.2. The number of nitrogens with zero attached hydrogens (tertiary/aromatic N) is 1. The van der Waals surface area contributed by atoms with Crippen molar-refractivity contribution in [2.75, 3.05) is 0 Å². The van der Waals surface area contributed by atoms with E-state index in [2.05, 4.69) is 9.97 Å². The molecule has 3 N–H and O–H groups in total. The Kier molecular flexibility index (Phi) is 3.78. The third-order valence-electron chi connectivity index (χ3n) is 2.32. The lowest BCUT2D eigenvalue weighted by atomic mass is 10.1. The highest BCUT2D eigenvalue weighted by Gasteiger charge is 2.14. The molecule has 18 heavy (non-hydrogen) atoms. The van der Waals surface area contributed by atoms with Crippen molar-refractivity contribution in [3.8, 4) is 0 Å². The van der Waals surface area contributed by atoms with Gasteiger partial charge in [0.2, 0.25) is 0 Å². The van der Waals surface area contributed by atoms with Gasteiger partial charge in [0, 0.05) is 28.8 Å². The fourth-order valence-corrected chi connectivity index (χ4v) is 2.57. The Morgan fingerprint density at radius 1 is 1.44 bits per heavy atom. The molecular weight excluding hydrogens is 253 g/mol. The Morgan fingerprint density at radius 2 is 2.22 bits per heavy atom. The predicted octanol–water partition coefficient (Wildman–Crippen LogP) is 2.08. The molecule has 0 unspecified atom stereocenters. The number of benzene rings is 1. The summed E-state index contributed by atoms with van der Waals surface area (Å²) in [5, 5.41) is 0.412. The highest BCUT2D eigenvalue weighted by molar-refractivity contribution is 7.99. The smallest absolute Gasteiger partial charge is 0.251 e. The van der Waals surface area contributed by atoms with Crippen LogP contribution in [0.4, 0.5) is 4.39 Å². The van der Waals surface area contributed by atoms with Crippen LogP contribution in [0.1, 0.15) is 18.5 Å². The van der Waals surface area contributed by atoms with E-state index < -0.39 is 6.04 Å². The van der Waals surface area contributed by atoms with Gasteiger partial charge in [-0.15, -0.1) is 0 Å². The van der Waals surface area contributed by atoms with Crippen molar-refractivity contribution in [3.05, 3.63) is 52.2 Å². The van der Waals surface area contributed by atoms with Crippen molar-refractivity contribution < 1.29 is 4.39 Å². The number of rotatable bonds is 3. The maximum absolute atomic E-state index is 13.7. The molecular formula is C12H12FN3OS. The van der Waals surface area contributed by atoms with Gasteiger partial charge >= 0.3 is 0 Å². The molecule has 0 amide bonds. The summed E-state index contributed by atoms with van der Waals surface area (Å²) >= 11 is 1.18. The van der Waals surface area contributed by atoms with Gasteiger partial charge in [0.1, 0.15) is 5.82 Å². The zero-order chi connectivity index (χ0) is 13.1. The van der Waals surface area contributed by atoms with Gasteiger partial charge in [0.15, 0.2) is 5.16 Å². The van der Waals surface area contributed by atoms with Crippen LogP contribution >= 0.6 is 11.8 Å². The Balaban J connectivity index is 2.40. The van der Waals surface area contributed by atoms with Gasteiger partial charge in [0.25, 0.3) is 5.56 Å². The van der Waals surface area contributed by atoms with Gasteiger partial charge in [-0.05, 0) is 19.1 Å². The molecule has 1 heterocycles. The van der Waals surface area contributed by atoms with Gasteiger partial charge < -0.3 is 10.7 Å². The zero-order valence-electron chi connectivity index (χ0n) is 9.68. The third kappa shape index (κ3) is 2.77. The van der Waals surface area contributed by atoms with Crippen molar-refractivity contribution in [2.45, 2.75) is 23.0 Å². The first-order valence-corrected chi connectivity index (χ1v) is 6.17. The van der Waals surface area contributed by atoms with E-state index >= 15 is 0 Å². The monoisotopic (exact) mass is 265 g/mol. The second-order valence-electron chi connectivity index (χ2n) is 3.78. The summed E-state index contributed by atoms with van der Waals surface area (Å²) in [7, 11) is 0. The molecule has 0 bridgehead atoms. The first kappa shape index (κ1) is 12.8. The molecule has 0 spiro atoms. The maximum Gasteiger partial charge on any atom is 0.251 e. The summed E-state index contributed by atoms with van der Waals surface area (Å²) < 4.78 is 13.7. The van der Waals surface area contributed by atoms with Gasteiger partial charge in [-0.2, -0.15) is 0 Å². The lowest BCUT2D eigenvalue weighted by Gasteiger charge is -2.12. The Hall–Kier alpha value is -1.66. The molecule has 94 valence electrons. The molecule has 1 atom stereocenters. The maximum atomic E-state index is 13.7. The number of hydrogen-bond donors (Lipinski definition) is 2. The third-order valence-corrected chi connectivity index (χ3v) is 3.30. The topological polar surface area (TPSA) is 71.8 Å². The van der Waals surface area contributed by atoms with E-state index in [1.165, 1.54) is 30.1 Å². The second kappa shape index (κ2) is 5.32. The SMILES string of the molecule is C[C@H](N)c1c(F)cccc1Sc1nccc(=O)[nH]1. The van der Waals surface area contributed by atoms with Crippen LogP contribution in [-0.4, -0.2) is 9.97 Å². The van der Waals surface area contributed by atoms with Crippen LogP contribution < -0.4 is 11.3 Å². The van der Waals surface area contributed by atoms with Crippen molar-refractivity contribution in [1.29, 1.82) is 0 Å². The predicted molar refractivity (Wildman–Crippen MR) is 68.0 cm³/mol. The molecule has 0 saturated heterocycles. The number of nitrogens with one attached hydrogen (secondary N) is 1. The second-order valence-corrected chi connectivity index (χ2v) is 4.81. The van der Waals surface area contributed by atoms with Crippen molar-refractivity contribution in [2.24, 2.45) is 5.73 Å². The number of H-pyrrole nitrogens is 1. The first-order valence-electron chi connectivity index (χ1n) is 5.35. The normalized spacial score (nSPS) is 12.4. The number of aromatic nitrogens is 2. The average Bonchev–Trinajstić information content (AvgIpc) is 2.28. The minimum Gasteiger partial charge on any atom is -0.324 e. The van der Waals surface area contributed by atoms with Gasteiger partial charge in [0.05, 0.1) is 0 Å². The summed E-state index contributed by atoms with van der Waals surface area (Å²) in [5.41, 5.74) is 5.93. The standard InChI is InChI=1S/C12H12FN3OS/c1-7(14)11-8(13)3-2-4-9(11)18-12-15-6-5-10(17)16-12/h2-7H,14H2,1H3,(H,15,16,17)/t7-/m0/s1. The van der Waals surface area contributed by atoms with Crippen LogP contribution in [0, 0.1) is 5.82 Å². The van der Waals surface area contributed by atoms with E-state index in [0.29, 0.717) is 15.6 Å². The molecule has 1 aromatic carbocycles. The van der Waals surface area contributed by atoms with E-state index in [1.807, 2.05) is 0 Å². The number of halogens is 1. The van der Waals surface area contributed by atoms with Crippen LogP contribution in [0.15, 0.2) is 45.3 Å². The number of aromatic amines is 1. The van der Waals surface area contributed by atoms with E-state index in [1.54, 1.807) is 19.1 Å². The quantitative estimate of drug-likeness (QED) is 0.833. The van der Waals surface area contributed by atoms with Gasteiger partial charge in [-0.3, -0.25) is 4.79 Å². The molecule has 0 radical (unpaired) electrons. The fourth-order valence-electron chi connectivity index (χ4n) is 1.56. The van der Waals surface area contributed by atoms with Crippen molar-refractivity contribution >= 4 is 11.8 Å². The molecule has 2 rings (SSSR count). The summed E-state index contributed by atoms with van der Waals surface area (Å²) in [4.78, 5) is 18.4. The van der Waals surface area contributed by atoms with Crippen LogP contribution in [0.25, 0.3) is 0 Å². The van der Waals surface area contributed by atoms with Crippen LogP contribution in [0.2, 0.25) is 0 Å². The Labute approximate surface area is 107 Å². The van der Waals surface area contributed by atoms with Crippen LogP contribution in [0.3, 0.4) is 0 Å². The zero-order valence-corrected chi connectivity index (χ0v) is 10.5. The lowest BCUT2D eigenvalue weighted by molar-refractivity contribution is 0.585. The Morgan fingerprint density at radius 3 is 2.89 bits per heavy atom. The molecule has 0 aliphatic carbocycles. The molecule has 4 nitrogen and oxygen atoms in total. The van der Waals surface area contributed by atoms with E-state index in [9.17, 15) is 9.18 Å². The molecule has 0 saturated carbocycles. The first-order chi connectivity index (χ1) is 8.58. The largest absolute Gasteiger partial charge is 0.324 e. The van der Waals surface area contributed by atoms with Gasteiger partial charge in [-0.25, -0.2) is 9.37 Å². The number of nitrogens with two attached hydrogens (primary N) is 1. The van der Waals surface area contributed by atoms with Crippen LogP contribution in [0.5, 0.6) is 0 Å². The van der Waals surface area contributed by atoms with Crippen LogP contribution in [-0.2, 0) is 0 Å². The molecule has 0 aliphatic heterocycles. The molecule has 1 aromatic heterocycles. The summed E-state index contributed by atoms with van der Waals surface area (Å²) in [6.45, 7) is 1.71. The summed E-state index contributed by atoms with van der Waals surface area (Å²) in [6.07, 6.45) is 1.41. The molecule has 0 aliphatic rings. The fraction of sp³-hybridized carbons (Fsp3) is 0.167. The van der Waals surface area contributed by atoms with E-state index in [4.69, 9.17) is 5.73 Å². The summed E-state index contributed by atoms with van der Waals surface area (Å²) in [5.74, 6) is -0.353. The van der Waals surface area contributed by atoms with Crippen molar-refractivity contribution in [1.82, 2.24) is 9.97 Å². The molecule has 0 fully saturated rings. The van der Waals surface area contributed by atoms with E-state index in [0.717, 1.165) is 0 Å². The highest BCUT2D eigenvalue weighted by Crippen LogP contribution is 2.31. The van der Waals surface area contributed by atoms with Crippen molar-refractivity contribution in [3.63, 3.8) is 0 Å². The minimum atomic E-state index is -0.427. The summed E-state index contributed by atoms with van der Waals surface area (Å²) in [6, 6.07) is 5.61. The molecule has 2 aromatic rings. The van der Waals surface area contributed by atoms with Gasteiger partial charge in [-0.1, -0.05) is 17.8 Å². The average molecular weight is 265 g/mol. The van der Waals surface area contributed by atoms with E-state index in [-0.39, 0.29) is 11.4 Å². The Bertz CT molecular complexity index is 612. The minimum absolute atomic E-state index is 0.244. The molecule has 6 heteroatoms. The lowest BCUT2D eigenvalue weighted by Crippen LogP contribution is -2.10.